The molecule has 0 radical (unpaired) electrons. The second-order valence-electron chi connectivity index (χ2n) is 3.68. The third kappa shape index (κ3) is 1.85. The number of hydrazone groups is 1. The van der Waals surface area contributed by atoms with Crippen LogP contribution in [0.5, 0.6) is 0 Å². The molecular formula is C12H12N3O2S+. The number of para-hydroxylation sites is 1. The first-order chi connectivity index (χ1) is 8.75. The van der Waals surface area contributed by atoms with Gasteiger partial charge in [-0.2, -0.15) is 0 Å². The Kier molecular flexibility index (Phi) is 3.59. The average Bonchev–Trinajstić information content (AvgIpc) is 2.74. The highest BCUT2D eigenvalue weighted by Crippen LogP contribution is 2.38. The van der Waals surface area contributed by atoms with Crippen molar-refractivity contribution in [3.05, 3.63) is 41.4 Å². The molecule has 1 heterocycles. The van der Waals surface area contributed by atoms with Gasteiger partial charge in [-0.25, -0.2) is 10.2 Å². The fourth-order valence-corrected chi connectivity index (χ4v) is 2.81. The van der Waals surface area contributed by atoms with Crippen LogP contribution in [0.4, 0.5) is 5.69 Å². The number of amidine groups is 1. The van der Waals surface area contributed by atoms with Crippen LogP contribution in [-0.4, -0.2) is 18.0 Å². The summed E-state index contributed by atoms with van der Waals surface area (Å²) in [6.07, 6.45) is 1.29. The van der Waals surface area contributed by atoms with Crippen LogP contribution < -0.4 is 9.91 Å². The molecule has 0 fully saturated rings. The van der Waals surface area contributed by atoms with Gasteiger partial charge in [-0.15, -0.1) is 9.58 Å². The zero-order valence-electron chi connectivity index (χ0n) is 9.74. The highest BCUT2D eigenvalue weighted by molar-refractivity contribution is 8.16. The van der Waals surface area contributed by atoms with Crippen molar-refractivity contribution in [2.75, 3.05) is 0 Å². The molecule has 1 aromatic carbocycles. The molecule has 0 aliphatic carbocycles. The maximum Gasteiger partial charge on any atom is 0.318 e. The van der Waals surface area contributed by atoms with E-state index in [2.05, 4.69) is 10.5 Å². The molecule has 1 aromatic rings. The lowest BCUT2D eigenvalue weighted by atomic mass is 10.2. The number of carbonyl (C=O) groups excluding carboxylic acids is 2. The van der Waals surface area contributed by atoms with E-state index in [1.165, 1.54) is 11.8 Å². The van der Waals surface area contributed by atoms with Crippen molar-refractivity contribution in [1.29, 1.82) is 0 Å². The normalized spacial score (nSPS) is 24.7. The van der Waals surface area contributed by atoms with Crippen LogP contribution in [0, 0.1) is 0 Å². The summed E-state index contributed by atoms with van der Waals surface area (Å²) in [5.74, 6) is 0. The summed E-state index contributed by atoms with van der Waals surface area (Å²) >= 11 is 1.32. The number of allylic oxidation sites excluding steroid dienone is 1. The van der Waals surface area contributed by atoms with E-state index < -0.39 is 0 Å². The van der Waals surface area contributed by atoms with Gasteiger partial charge >= 0.3 is 11.6 Å². The van der Waals surface area contributed by atoms with Crippen LogP contribution in [0.15, 0.2) is 46.5 Å². The van der Waals surface area contributed by atoms with Gasteiger partial charge in [0.25, 0.3) is 0 Å². The van der Waals surface area contributed by atoms with Crippen molar-refractivity contribution in [3.8, 4) is 0 Å². The van der Waals surface area contributed by atoms with Gasteiger partial charge in [-0.1, -0.05) is 18.2 Å². The number of thioether (sulfide) groups is 1. The Labute approximate surface area is 109 Å². The highest BCUT2D eigenvalue weighted by atomic mass is 32.2. The Morgan fingerprint density at radius 2 is 2.00 bits per heavy atom. The third-order valence-electron chi connectivity index (χ3n) is 2.73. The minimum Gasteiger partial charge on any atom is -0.277 e. The predicted octanol–water partition coefficient (Wildman–Crippen LogP) is 1.78. The van der Waals surface area contributed by atoms with E-state index in [1.54, 1.807) is 0 Å². The maximum atomic E-state index is 11.6. The number of nitrogens with zero attached hydrogens (tertiary/aromatic N) is 2. The summed E-state index contributed by atoms with van der Waals surface area (Å²) < 4.78 is -0.105. The number of rotatable bonds is 4. The fourth-order valence-electron chi connectivity index (χ4n) is 1.81. The minimum atomic E-state index is -0.105. The number of quaternary nitrogens is 1. The molecule has 0 saturated carbocycles. The standard InChI is InChI=1S/C12H11N3O2S/c1-10-7-18-12(14-13-8-16)15(10,9-17)11-5-3-2-4-6-11/h2-9H,1H3/p+1. The molecule has 1 unspecified atom stereocenters. The zero-order chi connectivity index (χ0) is 13.0. The van der Waals surface area contributed by atoms with E-state index in [9.17, 15) is 9.59 Å². The second-order valence-corrected chi connectivity index (χ2v) is 4.52. The number of amides is 2. The lowest BCUT2D eigenvalue weighted by Crippen LogP contribution is -2.48. The number of nitrogens with one attached hydrogen (secondary N) is 1. The van der Waals surface area contributed by atoms with E-state index in [0.717, 1.165) is 17.8 Å². The second kappa shape index (κ2) is 5.16. The van der Waals surface area contributed by atoms with Gasteiger partial charge in [-0.05, 0) is 11.8 Å². The van der Waals surface area contributed by atoms with Gasteiger partial charge in [-0.3, -0.25) is 4.79 Å². The Bertz CT molecular complexity index is 527. The summed E-state index contributed by atoms with van der Waals surface area (Å²) in [6.45, 7) is 1.86. The monoisotopic (exact) mass is 262 g/mol. The van der Waals surface area contributed by atoms with Gasteiger partial charge in [0.15, 0.2) is 5.69 Å². The largest absolute Gasteiger partial charge is 0.318 e. The number of carbonyl (C=O) groups is 2. The van der Waals surface area contributed by atoms with Gasteiger partial charge < -0.3 is 0 Å². The van der Waals surface area contributed by atoms with Gasteiger partial charge in [0.05, 0.1) is 0 Å². The van der Waals surface area contributed by atoms with Crippen LogP contribution in [0.25, 0.3) is 0 Å². The smallest absolute Gasteiger partial charge is 0.277 e. The van der Waals surface area contributed by atoms with E-state index in [1.807, 2.05) is 42.7 Å². The van der Waals surface area contributed by atoms with Crippen molar-refractivity contribution in [2.24, 2.45) is 5.10 Å². The van der Waals surface area contributed by atoms with E-state index >= 15 is 0 Å². The lowest BCUT2D eigenvalue weighted by Gasteiger charge is -2.25. The van der Waals surface area contributed by atoms with E-state index in [-0.39, 0.29) is 4.48 Å². The fraction of sp³-hybridized carbons (Fsp3) is 0.0833. The summed E-state index contributed by atoms with van der Waals surface area (Å²) in [5, 5.41) is 6.30. The van der Waals surface area contributed by atoms with Crippen LogP contribution >= 0.6 is 11.8 Å². The van der Waals surface area contributed by atoms with Gasteiger partial charge in [0, 0.05) is 24.5 Å². The minimum absolute atomic E-state index is 0.105. The van der Waals surface area contributed by atoms with Crippen molar-refractivity contribution in [1.82, 2.24) is 9.91 Å². The molecule has 5 nitrogen and oxygen atoms in total. The first kappa shape index (κ1) is 12.5. The zero-order valence-corrected chi connectivity index (χ0v) is 10.6. The SMILES string of the molecule is CC1=CSC(=NNC=O)[N+]1(C=O)c1ccccc1. The van der Waals surface area contributed by atoms with Gasteiger partial charge in [0.1, 0.15) is 5.70 Å². The summed E-state index contributed by atoms with van der Waals surface area (Å²) in [7, 11) is 0. The predicted molar refractivity (Wildman–Crippen MR) is 72.3 cm³/mol. The summed E-state index contributed by atoms with van der Waals surface area (Å²) in [5.41, 5.74) is 3.88. The Hall–Kier alpha value is -1.92. The molecule has 1 N–H and O–H groups in total. The van der Waals surface area contributed by atoms with Crippen molar-refractivity contribution in [3.63, 3.8) is 0 Å². The Morgan fingerprint density at radius 3 is 2.61 bits per heavy atom. The molecule has 0 bridgehead atoms. The van der Waals surface area contributed by atoms with Crippen molar-refractivity contribution in [2.45, 2.75) is 6.92 Å². The number of hydrogen-bond donors (Lipinski definition) is 1. The summed E-state index contributed by atoms with van der Waals surface area (Å²) in [4.78, 5) is 22.0. The first-order valence-electron chi connectivity index (χ1n) is 5.28. The molecule has 2 rings (SSSR count). The summed E-state index contributed by atoms with van der Waals surface area (Å²) in [6, 6.07) is 9.31. The van der Waals surface area contributed by atoms with Crippen LogP contribution in [0.1, 0.15) is 6.92 Å². The van der Waals surface area contributed by atoms with Gasteiger partial charge in [0.2, 0.25) is 6.41 Å². The molecule has 0 spiro atoms. The quantitative estimate of drug-likeness (QED) is 0.511. The molecule has 0 saturated heterocycles. The topological polar surface area (TPSA) is 58.5 Å². The molecule has 2 amide bonds. The van der Waals surface area contributed by atoms with Crippen LogP contribution in [0.2, 0.25) is 0 Å². The third-order valence-corrected chi connectivity index (χ3v) is 3.78. The lowest BCUT2D eigenvalue weighted by molar-refractivity contribution is -0.113. The molecule has 1 aliphatic rings. The maximum absolute atomic E-state index is 11.6. The van der Waals surface area contributed by atoms with E-state index in [0.29, 0.717) is 11.6 Å². The Balaban J connectivity index is 2.55. The van der Waals surface area contributed by atoms with Crippen LogP contribution in [0.3, 0.4) is 0 Å². The molecule has 92 valence electrons. The van der Waals surface area contributed by atoms with E-state index in [4.69, 9.17) is 0 Å². The highest BCUT2D eigenvalue weighted by Gasteiger charge is 2.45. The molecule has 6 heteroatoms. The molecule has 0 aromatic heterocycles. The first-order valence-corrected chi connectivity index (χ1v) is 6.16. The molecule has 18 heavy (non-hydrogen) atoms. The molecular weight excluding hydrogens is 250 g/mol. The Morgan fingerprint density at radius 1 is 1.28 bits per heavy atom. The molecule has 1 atom stereocenters. The molecule has 1 aliphatic heterocycles. The average molecular weight is 262 g/mol. The van der Waals surface area contributed by atoms with Crippen molar-refractivity contribution < 1.29 is 9.59 Å². The van der Waals surface area contributed by atoms with Crippen LogP contribution in [-0.2, 0) is 9.59 Å². The number of hydrogen-bond acceptors (Lipinski definition) is 4. The van der Waals surface area contributed by atoms with Crippen molar-refractivity contribution >= 4 is 35.4 Å². The number of benzene rings is 1.